The Morgan fingerprint density at radius 1 is 1.42 bits per heavy atom. The molecule has 0 amide bonds. The van der Waals surface area contributed by atoms with E-state index < -0.39 is 17.7 Å². The molecule has 1 aromatic rings. The normalized spacial score (nSPS) is 11.1. The molecule has 19 heavy (non-hydrogen) atoms. The molecule has 0 saturated carbocycles. The average molecular weight is 266 g/mol. The van der Waals surface area contributed by atoms with Crippen LogP contribution in [0.5, 0.6) is 0 Å². The van der Waals surface area contributed by atoms with Crippen molar-refractivity contribution in [3.63, 3.8) is 0 Å². The first kappa shape index (κ1) is 14.8. The fourth-order valence-electron chi connectivity index (χ4n) is 1.34. The highest BCUT2D eigenvalue weighted by Gasteiger charge is 2.21. The molecule has 6 heteroatoms. The van der Waals surface area contributed by atoms with Crippen molar-refractivity contribution in [2.24, 2.45) is 0 Å². The summed E-state index contributed by atoms with van der Waals surface area (Å²) >= 11 is 0. The highest BCUT2D eigenvalue weighted by Crippen LogP contribution is 2.10. The number of ketones is 1. The van der Waals surface area contributed by atoms with Crippen LogP contribution in [0.2, 0.25) is 0 Å². The average Bonchev–Trinajstić information content (AvgIpc) is 2.36. The molecule has 0 N–H and O–H groups in total. The second kappa shape index (κ2) is 6.63. The number of nitrogens with zero attached hydrogens (tertiary/aromatic N) is 2. The summed E-state index contributed by atoms with van der Waals surface area (Å²) in [4.78, 5) is 28.8. The summed E-state index contributed by atoms with van der Waals surface area (Å²) in [5.74, 6) is -1.96. The van der Waals surface area contributed by atoms with E-state index in [0.29, 0.717) is 0 Å². The third kappa shape index (κ3) is 4.17. The Morgan fingerprint density at radius 3 is 2.58 bits per heavy atom. The quantitative estimate of drug-likeness (QED) is 0.201. The van der Waals surface area contributed by atoms with Crippen LogP contribution in [0.1, 0.15) is 17.3 Å². The molecule has 1 aromatic heterocycles. The molecule has 0 spiro atoms. The van der Waals surface area contributed by atoms with Gasteiger partial charge in [-0.05, 0) is 19.1 Å². The summed E-state index contributed by atoms with van der Waals surface area (Å²) in [5.41, 5.74) is 0.00260. The largest absolute Gasteiger partial charge is 0.462 e. The maximum absolute atomic E-state index is 12.7. The number of halogens is 1. The van der Waals surface area contributed by atoms with Gasteiger partial charge in [0.15, 0.2) is 0 Å². The van der Waals surface area contributed by atoms with Gasteiger partial charge in [-0.2, -0.15) is 4.39 Å². The summed E-state index contributed by atoms with van der Waals surface area (Å²) in [6, 6.07) is 2.33. The van der Waals surface area contributed by atoms with Gasteiger partial charge < -0.3 is 9.64 Å². The van der Waals surface area contributed by atoms with E-state index in [1.165, 1.54) is 12.3 Å². The van der Waals surface area contributed by atoms with E-state index in [4.69, 9.17) is 4.74 Å². The fourth-order valence-corrected chi connectivity index (χ4v) is 1.34. The molecule has 0 aliphatic carbocycles. The number of ether oxygens (including phenoxy) is 1. The molecule has 5 nitrogen and oxygen atoms in total. The molecule has 0 aliphatic rings. The summed E-state index contributed by atoms with van der Waals surface area (Å²) < 4.78 is 17.5. The van der Waals surface area contributed by atoms with Crippen molar-refractivity contribution in [2.45, 2.75) is 6.92 Å². The molecule has 0 saturated heterocycles. The second-order valence-corrected chi connectivity index (χ2v) is 3.93. The highest BCUT2D eigenvalue weighted by molar-refractivity contribution is 6.24. The van der Waals surface area contributed by atoms with E-state index in [2.05, 4.69) is 4.98 Å². The van der Waals surface area contributed by atoms with E-state index in [9.17, 15) is 14.0 Å². The summed E-state index contributed by atoms with van der Waals surface area (Å²) in [6.07, 6.45) is 2.45. The number of esters is 1. The Hall–Kier alpha value is -2.24. The standard InChI is InChI=1S/C13H15FN2O3/c1-4-19-13(18)10(8-16(2)3)12(17)9-5-6-11(14)15-7-9/h5-8H,4H2,1-3H3/b10-8+. The Kier molecular flexibility index (Phi) is 5.17. The summed E-state index contributed by atoms with van der Waals surface area (Å²) in [5, 5.41) is 0. The fraction of sp³-hybridized carbons (Fsp3) is 0.308. The zero-order valence-corrected chi connectivity index (χ0v) is 11.0. The van der Waals surface area contributed by atoms with Crippen LogP contribution in [0.4, 0.5) is 4.39 Å². The lowest BCUT2D eigenvalue weighted by molar-refractivity contribution is -0.138. The van der Waals surface area contributed by atoms with Crippen LogP contribution in [0.25, 0.3) is 0 Å². The van der Waals surface area contributed by atoms with Crippen molar-refractivity contribution in [3.05, 3.63) is 41.6 Å². The maximum Gasteiger partial charge on any atom is 0.343 e. The van der Waals surface area contributed by atoms with Crippen molar-refractivity contribution in [1.29, 1.82) is 0 Å². The first-order valence-corrected chi connectivity index (χ1v) is 5.67. The Morgan fingerprint density at radius 2 is 2.11 bits per heavy atom. The van der Waals surface area contributed by atoms with Crippen molar-refractivity contribution < 1.29 is 18.7 Å². The highest BCUT2D eigenvalue weighted by atomic mass is 19.1. The maximum atomic E-state index is 12.7. The molecule has 102 valence electrons. The second-order valence-electron chi connectivity index (χ2n) is 3.93. The molecule has 0 aliphatic heterocycles. The molecule has 1 heterocycles. The van der Waals surface area contributed by atoms with Crippen LogP contribution in [-0.2, 0) is 9.53 Å². The van der Waals surface area contributed by atoms with E-state index in [1.807, 2.05) is 0 Å². The van der Waals surface area contributed by atoms with E-state index in [0.717, 1.165) is 12.3 Å². The van der Waals surface area contributed by atoms with Gasteiger partial charge in [-0.3, -0.25) is 4.79 Å². The Bertz CT molecular complexity index is 495. The van der Waals surface area contributed by atoms with Gasteiger partial charge in [0.1, 0.15) is 5.57 Å². The van der Waals surface area contributed by atoms with Crippen LogP contribution in [0.15, 0.2) is 30.1 Å². The number of carbonyl (C=O) groups excluding carboxylic acids is 2. The topological polar surface area (TPSA) is 59.5 Å². The van der Waals surface area contributed by atoms with E-state index >= 15 is 0 Å². The Balaban J connectivity index is 3.08. The first-order chi connectivity index (χ1) is 8.95. The minimum absolute atomic E-state index is 0.125. The zero-order chi connectivity index (χ0) is 14.4. The number of hydrogen-bond acceptors (Lipinski definition) is 5. The smallest absolute Gasteiger partial charge is 0.343 e. The van der Waals surface area contributed by atoms with Crippen LogP contribution < -0.4 is 0 Å². The monoisotopic (exact) mass is 266 g/mol. The van der Waals surface area contributed by atoms with E-state index in [-0.39, 0.29) is 17.7 Å². The van der Waals surface area contributed by atoms with Crippen LogP contribution in [0.3, 0.4) is 0 Å². The van der Waals surface area contributed by atoms with Gasteiger partial charge in [-0.15, -0.1) is 0 Å². The van der Waals surface area contributed by atoms with Gasteiger partial charge in [0.05, 0.1) is 6.61 Å². The number of aromatic nitrogens is 1. The van der Waals surface area contributed by atoms with Gasteiger partial charge in [-0.25, -0.2) is 9.78 Å². The number of pyridine rings is 1. The summed E-state index contributed by atoms with van der Waals surface area (Å²) in [6.45, 7) is 1.81. The molecule has 0 bridgehead atoms. The minimum atomic E-state index is -0.717. The van der Waals surface area contributed by atoms with Crippen molar-refractivity contribution in [3.8, 4) is 0 Å². The predicted octanol–water partition coefficient (Wildman–Crippen LogP) is 1.41. The van der Waals surface area contributed by atoms with Gasteiger partial charge in [0, 0.05) is 32.1 Å². The van der Waals surface area contributed by atoms with Gasteiger partial charge in [-0.1, -0.05) is 0 Å². The molecule has 0 aromatic carbocycles. The van der Waals surface area contributed by atoms with Crippen LogP contribution >= 0.6 is 0 Å². The number of hydrogen-bond donors (Lipinski definition) is 0. The Labute approximate surface area is 110 Å². The zero-order valence-electron chi connectivity index (χ0n) is 11.0. The van der Waals surface area contributed by atoms with Crippen molar-refractivity contribution in [2.75, 3.05) is 20.7 Å². The molecule has 0 atom stereocenters. The number of carbonyl (C=O) groups is 2. The minimum Gasteiger partial charge on any atom is -0.462 e. The summed E-state index contributed by atoms with van der Waals surface area (Å²) in [7, 11) is 3.35. The molecule has 0 fully saturated rings. The number of Topliss-reactive ketones (excluding diaryl/α,β-unsaturated/α-hetero) is 1. The predicted molar refractivity (Wildman–Crippen MR) is 66.9 cm³/mol. The molecular formula is C13H15FN2O3. The lowest BCUT2D eigenvalue weighted by atomic mass is 10.1. The van der Waals surface area contributed by atoms with Crippen molar-refractivity contribution >= 4 is 11.8 Å². The molecule has 0 radical (unpaired) electrons. The lowest BCUT2D eigenvalue weighted by Gasteiger charge is -2.10. The third-order valence-electron chi connectivity index (χ3n) is 2.12. The van der Waals surface area contributed by atoms with Crippen molar-refractivity contribution in [1.82, 2.24) is 9.88 Å². The third-order valence-corrected chi connectivity index (χ3v) is 2.12. The first-order valence-electron chi connectivity index (χ1n) is 5.67. The van der Waals surface area contributed by atoms with Gasteiger partial charge in [0.25, 0.3) is 0 Å². The molecule has 1 rings (SSSR count). The van der Waals surface area contributed by atoms with Gasteiger partial charge >= 0.3 is 5.97 Å². The van der Waals surface area contributed by atoms with Gasteiger partial charge in [0.2, 0.25) is 11.7 Å². The molecule has 0 unspecified atom stereocenters. The SMILES string of the molecule is CCOC(=O)/C(=C/N(C)C)C(=O)c1ccc(F)nc1. The van der Waals surface area contributed by atoms with E-state index in [1.54, 1.807) is 25.9 Å². The van der Waals surface area contributed by atoms with Crippen LogP contribution in [-0.4, -0.2) is 42.3 Å². The van der Waals surface area contributed by atoms with Crippen LogP contribution in [0, 0.1) is 5.95 Å². The number of rotatable bonds is 5. The molecular weight excluding hydrogens is 251 g/mol. The lowest BCUT2D eigenvalue weighted by Crippen LogP contribution is -2.19.